The summed E-state index contributed by atoms with van der Waals surface area (Å²) in [5.74, 6) is 0. The summed E-state index contributed by atoms with van der Waals surface area (Å²) < 4.78 is 0. The van der Waals surface area contributed by atoms with Crippen molar-refractivity contribution < 1.29 is 0 Å². The molecule has 0 amide bonds. The van der Waals surface area contributed by atoms with E-state index in [-0.39, 0.29) is 0 Å². The summed E-state index contributed by atoms with van der Waals surface area (Å²) in [6.45, 7) is 4.61. The van der Waals surface area contributed by atoms with Crippen molar-refractivity contribution in [2.24, 2.45) is 0 Å². The Hall–Kier alpha value is -0.520. The third kappa shape index (κ3) is 45.5. The second-order valence-corrected chi connectivity index (χ2v) is 15.8. The van der Waals surface area contributed by atoms with Crippen molar-refractivity contribution in [1.29, 1.82) is 0 Å². The highest BCUT2D eigenvalue weighted by atomic mass is 14.0. The first kappa shape index (κ1) is 47.5. The minimum atomic E-state index is 1.31. The smallest absolute Gasteiger partial charge is 0.0351 e. The fourth-order valence-corrected chi connectivity index (χ4v) is 7.32. The lowest BCUT2D eigenvalue weighted by Gasteiger charge is -2.04. The Morgan fingerprint density at radius 3 is 0.438 bits per heavy atom. The molecule has 0 aromatic heterocycles. The second-order valence-electron chi connectivity index (χ2n) is 15.8. The van der Waals surface area contributed by atoms with Crippen LogP contribution in [0.5, 0.6) is 0 Å². The molecule has 0 aliphatic carbocycles. The monoisotopic (exact) mass is 671 g/mol. The highest BCUT2D eigenvalue weighted by molar-refractivity contribution is 4.82. The average molecular weight is 671 g/mol. The first-order chi connectivity index (χ1) is 23.9. The molecule has 0 spiro atoms. The number of allylic oxidation sites excluding steroid dienone is 4. The summed E-state index contributed by atoms with van der Waals surface area (Å²) in [5.41, 5.74) is 0. The van der Waals surface area contributed by atoms with Gasteiger partial charge in [0, 0.05) is 0 Å². The summed E-state index contributed by atoms with van der Waals surface area (Å²) >= 11 is 0. The van der Waals surface area contributed by atoms with Crippen molar-refractivity contribution in [2.45, 2.75) is 284 Å². The standard InChI is InChI=1S/C48H94/c1-3-5-7-9-11-13-15-17-19-21-23-25-27-29-31-33-35-37-39-41-43-45-47-48-46-44-42-40-38-36-34-32-30-28-26-24-22-20-18-16-14-12-10-8-6-4-2/h17,19,47-48H,3-16,18,20-46H2,1-2H3/b19-17?,48-47+. The number of hydrogen-bond donors (Lipinski definition) is 0. The van der Waals surface area contributed by atoms with Crippen LogP contribution in [0.15, 0.2) is 24.3 Å². The van der Waals surface area contributed by atoms with Crippen LogP contribution in [-0.4, -0.2) is 0 Å². The van der Waals surface area contributed by atoms with Crippen molar-refractivity contribution in [3.63, 3.8) is 0 Å². The molecule has 0 nitrogen and oxygen atoms in total. The van der Waals surface area contributed by atoms with Gasteiger partial charge >= 0.3 is 0 Å². The maximum absolute atomic E-state index is 2.47. The Kier molecular flexibility index (Phi) is 46.0. The molecule has 0 radical (unpaired) electrons. The fourth-order valence-electron chi connectivity index (χ4n) is 7.32. The normalized spacial score (nSPS) is 12.0. The number of rotatable bonds is 43. The molecule has 0 rings (SSSR count). The highest BCUT2D eigenvalue weighted by Gasteiger charge is 1.97. The van der Waals surface area contributed by atoms with Gasteiger partial charge in [-0.15, -0.1) is 0 Å². The molecule has 0 saturated heterocycles. The minimum absolute atomic E-state index is 1.31. The molecule has 0 aromatic rings. The average Bonchev–Trinajstić information content (AvgIpc) is 3.10. The molecule has 48 heavy (non-hydrogen) atoms. The van der Waals surface area contributed by atoms with Crippen LogP contribution >= 0.6 is 0 Å². The van der Waals surface area contributed by atoms with Crippen molar-refractivity contribution >= 4 is 0 Å². The summed E-state index contributed by atoms with van der Waals surface area (Å²) in [7, 11) is 0. The van der Waals surface area contributed by atoms with E-state index in [2.05, 4.69) is 38.2 Å². The molecule has 0 fully saturated rings. The van der Waals surface area contributed by atoms with E-state index in [1.807, 2.05) is 0 Å². The second kappa shape index (κ2) is 46.5. The van der Waals surface area contributed by atoms with Gasteiger partial charge in [0.2, 0.25) is 0 Å². The molecule has 0 unspecified atom stereocenters. The first-order valence-electron chi connectivity index (χ1n) is 23.2. The van der Waals surface area contributed by atoms with Gasteiger partial charge in [0.05, 0.1) is 0 Å². The Bertz CT molecular complexity index is 585. The van der Waals surface area contributed by atoms with Crippen molar-refractivity contribution in [2.75, 3.05) is 0 Å². The van der Waals surface area contributed by atoms with Gasteiger partial charge in [0.1, 0.15) is 0 Å². The molecule has 0 saturated carbocycles. The van der Waals surface area contributed by atoms with Gasteiger partial charge in [-0.2, -0.15) is 0 Å². The fraction of sp³-hybridized carbons (Fsp3) is 0.917. The lowest BCUT2D eigenvalue weighted by Crippen LogP contribution is -1.84. The molecule has 0 atom stereocenters. The lowest BCUT2D eigenvalue weighted by molar-refractivity contribution is 0.520. The topological polar surface area (TPSA) is 0 Å². The van der Waals surface area contributed by atoms with Gasteiger partial charge < -0.3 is 0 Å². The highest BCUT2D eigenvalue weighted by Crippen LogP contribution is 2.16. The van der Waals surface area contributed by atoms with Gasteiger partial charge in [0.15, 0.2) is 0 Å². The molecular formula is C48H94. The first-order valence-corrected chi connectivity index (χ1v) is 23.2. The van der Waals surface area contributed by atoms with Crippen molar-refractivity contribution in [3.8, 4) is 0 Å². The number of unbranched alkanes of at least 4 members (excludes halogenated alkanes) is 39. The molecule has 0 heterocycles. The van der Waals surface area contributed by atoms with E-state index in [1.165, 1.54) is 270 Å². The van der Waals surface area contributed by atoms with E-state index in [0.29, 0.717) is 0 Å². The summed E-state index contributed by atoms with van der Waals surface area (Å²) in [5, 5.41) is 0. The molecule has 0 N–H and O–H groups in total. The van der Waals surface area contributed by atoms with Crippen LogP contribution < -0.4 is 0 Å². The van der Waals surface area contributed by atoms with E-state index in [9.17, 15) is 0 Å². The summed E-state index contributed by atoms with van der Waals surface area (Å²) in [4.78, 5) is 0. The van der Waals surface area contributed by atoms with Crippen LogP contribution in [0.3, 0.4) is 0 Å². The third-order valence-corrected chi connectivity index (χ3v) is 10.8. The predicted molar refractivity (Wildman–Crippen MR) is 224 cm³/mol. The zero-order valence-corrected chi connectivity index (χ0v) is 34.0. The van der Waals surface area contributed by atoms with Crippen LogP contribution in [-0.2, 0) is 0 Å². The molecule has 0 aromatic carbocycles. The predicted octanol–water partition coefficient (Wildman–Crippen LogP) is 18.5. The molecule has 0 bridgehead atoms. The van der Waals surface area contributed by atoms with Crippen LogP contribution in [0, 0.1) is 0 Å². The van der Waals surface area contributed by atoms with Crippen LogP contribution in [0.4, 0.5) is 0 Å². The Balaban J connectivity index is 3.12. The largest absolute Gasteiger partial charge is 0.0885 e. The SMILES string of the molecule is CCCCCCCCC=CCCCCCCCCCCCCC/C=C/CCCCCCCCCCCCCCCCCCCCCCC. The molecule has 0 aliphatic heterocycles. The van der Waals surface area contributed by atoms with Gasteiger partial charge in [0.25, 0.3) is 0 Å². The van der Waals surface area contributed by atoms with Gasteiger partial charge in [-0.1, -0.05) is 256 Å². The van der Waals surface area contributed by atoms with E-state index >= 15 is 0 Å². The Morgan fingerprint density at radius 1 is 0.167 bits per heavy atom. The molecule has 286 valence electrons. The molecule has 0 aliphatic rings. The third-order valence-electron chi connectivity index (χ3n) is 10.8. The van der Waals surface area contributed by atoms with Gasteiger partial charge in [-0.25, -0.2) is 0 Å². The van der Waals surface area contributed by atoms with Crippen LogP contribution in [0.1, 0.15) is 284 Å². The van der Waals surface area contributed by atoms with E-state index < -0.39 is 0 Å². The van der Waals surface area contributed by atoms with Crippen LogP contribution in [0.25, 0.3) is 0 Å². The zero-order chi connectivity index (χ0) is 34.5. The molecule has 0 heteroatoms. The number of hydrogen-bond acceptors (Lipinski definition) is 0. The maximum atomic E-state index is 2.47. The minimum Gasteiger partial charge on any atom is -0.0885 e. The summed E-state index contributed by atoms with van der Waals surface area (Å²) in [6, 6.07) is 0. The quantitative estimate of drug-likeness (QED) is 0.0447. The Labute approximate surface area is 307 Å². The van der Waals surface area contributed by atoms with Crippen molar-refractivity contribution in [1.82, 2.24) is 0 Å². The van der Waals surface area contributed by atoms with E-state index in [4.69, 9.17) is 0 Å². The molecular weight excluding hydrogens is 577 g/mol. The Morgan fingerprint density at radius 2 is 0.292 bits per heavy atom. The summed E-state index contributed by atoms with van der Waals surface area (Å²) in [6.07, 6.45) is 70.4. The van der Waals surface area contributed by atoms with E-state index in [0.717, 1.165) is 0 Å². The van der Waals surface area contributed by atoms with Crippen molar-refractivity contribution in [3.05, 3.63) is 24.3 Å². The lowest BCUT2D eigenvalue weighted by atomic mass is 10.0. The zero-order valence-electron chi connectivity index (χ0n) is 34.0. The van der Waals surface area contributed by atoms with Crippen LogP contribution in [0.2, 0.25) is 0 Å². The van der Waals surface area contributed by atoms with Gasteiger partial charge in [-0.3, -0.25) is 0 Å². The maximum Gasteiger partial charge on any atom is -0.0351 e. The van der Waals surface area contributed by atoms with E-state index in [1.54, 1.807) is 0 Å². The van der Waals surface area contributed by atoms with Gasteiger partial charge in [-0.05, 0) is 51.4 Å².